The summed E-state index contributed by atoms with van der Waals surface area (Å²) in [6, 6.07) is 6.49. The van der Waals surface area contributed by atoms with Gasteiger partial charge in [0.15, 0.2) is 0 Å². The third-order valence-corrected chi connectivity index (χ3v) is 2.94. The Morgan fingerprint density at radius 2 is 2.13 bits per heavy atom. The average molecular weight is 202 g/mol. The summed E-state index contributed by atoms with van der Waals surface area (Å²) in [6.07, 6.45) is 3.19. The second kappa shape index (κ2) is 4.07. The Labute approximate surface area is 90.7 Å². The Kier molecular flexibility index (Phi) is 2.78. The molecule has 0 saturated carbocycles. The molecular weight excluding hydrogens is 184 g/mol. The van der Waals surface area contributed by atoms with Gasteiger partial charge in [0.2, 0.25) is 0 Å². The highest BCUT2D eigenvalue weighted by Gasteiger charge is 2.07. The van der Waals surface area contributed by atoms with Gasteiger partial charge in [-0.3, -0.25) is 0 Å². The lowest BCUT2D eigenvalue weighted by Gasteiger charge is -2.04. The molecule has 0 spiro atoms. The lowest BCUT2D eigenvalue weighted by molar-refractivity contribution is 0.795. The number of nitrogens with two attached hydrogens (primary N) is 1. The van der Waals surface area contributed by atoms with Gasteiger partial charge < -0.3 is 10.3 Å². The molecular formula is C13H18N2. The van der Waals surface area contributed by atoms with Gasteiger partial charge in [-0.25, -0.2) is 0 Å². The summed E-state index contributed by atoms with van der Waals surface area (Å²) in [5.74, 6) is 0. The SMILES string of the molecule is CCn1cc(C)c2c(CCN)cccc21. The first-order chi connectivity index (χ1) is 7.27. The van der Waals surface area contributed by atoms with Crippen LogP contribution in [0, 0.1) is 6.92 Å². The van der Waals surface area contributed by atoms with Crippen LogP contribution in [0.15, 0.2) is 24.4 Å². The van der Waals surface area contributed by atoms with E-state index >= 15 is 0 Å². The molecule has 0 unspecified atom stereocenters. The van der Waals surface area contributed by atoms with Crippen LogP contribution in [0.4, 0.5) is 0 Å². The topological polar surface area (TPSA) is 30.9 Å². The second-order valence-electron chi connectivity index (χ2n) is 3.95. The molecule has 80 valence electrons. The molecule has 0 radical (unpaired) electrons. The van der Waals surface area contributed by atoms with Crippen molar-refractivity contribution in [1.82, 2.24) is 4.57 Å². The molecule has 2 nitrogen and oxygen atoms in total. The lowest BCUT2D eigenvalue weighted by atomic mass is 10.0. The van der Waals surface area contributed by atoms with Crippen LogP contribution in [-0.2, 0) is 13.0 Å². The van der Waals surface area contributed by atoms with Crippen LogP contribution in [0.3, 0.4) is 0 Å². The van der Waals surface area contributed by atoms with Crippen molar-refractivity contribution in [2.24, 2.45) is 5.73 Å². The molecule has 0 aliphatic rings. The van der Waals surface area contributed by atoms with E-state index in [9.17, 15) is 0 Å². The quantitative estimate of drug-likeness (QED) is 0.814. The Hall–Kier alpha value is -1.28. The van der Waals surface area contributed by atoms with Crippen LogP contribution in [0.25, 0.3) is 10.9 Å². The zero-order valence-electron chi connectivity index (χ0n) is 9.46. The van der Waals surface area contributed by atoms with Crippen LogP contribution in [-0.4, -0.2) is 11.1 Å². The molecule has 0 aliphatic heterocycles. The van der Waals surface area contributed by atoms with Gasteiger partial charge in [0.25, 0.3) is 0 Å². The van der Waals surface area contributed by atoms with Gasteiger partial charge in [0.1, 0.15) is 0 Å². The molecule has 1 aromatic carbocycles. The summed E-state index contributed by atoms with van der Waals surface area (Å²) >= 11 is 0. The van der Waals surface area contributed by atoms with Gasteiger partial charge in [0.05, 0.1) is 0 Å². The third kappa shape index (κ3) is 1.65. The van der Waals surface area contributed by atoms with E-state index in [1.54, 1.807) is 0 Å². The number of nitrogens with zero attached hydrogens (tertiary/aromatic N) is 1. The Balaban J connectivity index is 2.68. The normalized spacial score (nSPS) is 11.1. The fourth-order valence-corrected chi connectivity index (χ4v) is 2.27. The molecule has 0 saturated heterocycles. The summed E-state index contributed by atoms with van der Waals surface area (Å²) in [7, 11) is 0. The van der Waals surface area contributed by atoms with Crippen LogP contribution in [0.5, 0.6) is 0 Å². The molecule has 1 aromatic heterocycles. The highest BCUT2D eigenvalue weighted by molar-refractivity contribution is 5.87. The summed E-state index contributed by atoms with van der Waals surface area (Å²) in [5, 5.41) is 1.39. The highest BCUT2D eigenvalue weighted by atomic mass is 14.9. The van der Waals surface area contributed by atoms with Gasteiger partial charge in [-0.15, -0.1) is 0 Å². The maximum atomic E-state index is 5.63. The van der Waals surface area contributed by atoms with E-state index in [-0.39, 0.29) is 0 Å². The minimum Gasteiger partial charge on any atom is -0.347 e. The van der Waals surface area contributed by atoms with Gasteiger partial charge in [-0.05, 0) is 44.0 Å². The summed E-state index contributed by atoms with van der Waals surface area (Å²) in [6.45, 7) is 6.09. The van der Waals surface area contributed by atoms with Crippen LogP contribution >= 0.6 is 0 Å². The van der Waals surface area contributed by atoms with Gasteiger partial charge >= 0.3 is 0 Å². The van der Waals surface area contributed by atoms with Gasteiger partial charge in [-0.2, -0.15) is 0 Å². The number of aryl methyl sites for hydroxylation is 2. The van der Waals surface area contributed by atoms with Crippen molar-refractivity contribution in [2.45, 2.75) is 26.8 Å². The third-order valence-electron chi connectivity index (χ3n) is 2.94. The number of hydrogen-bond acceptors (Lipinski definition) is 1. The Morgan fingerprint density at radius 1 is 1.33 bits per heavy atom. The summed E-state index contributed by atoms with van der Waals surface area (Å²) < 4.78 is 2.30. The first-order valence-electron chi connectivity index (χ1n) is 5.55. The molecule has 2 N–H and O–H groups in total. The van der Waals surface area contributed by atoms with Crippen molar-refractivity contribution in [3.8, 4) is 0 Å². The fourth-order valence-electron chi connectivity index (χ4n) is 2.27. The maximum absolute atomic E-state index is 5.63. The number of benzene rings is 1. The van der Waals surface area contributed by atoms with Crippen molar-refractivity contribution < 1.29 is 0 Å². The smallest absolute Gasteiger partial charge is 0.0485 e. The monoisotopic (exact) mass is 202 g/mol. The molecule has 0 atom stereocenters. The second-order valence-corrected chi connectivity index (χ2v) is 3.95. The van der Waals surface area contributed by atoms with E-state index in [0.717, 1.165) is 19.5 Å². The summed E-state index contributed by atoms with van der Waals surface area (Å²) in [5.41, 5.74) is 9.70. The van der Waals surface area contributed by atoms with E-state index in [4.69, 9.17) is 5.73 Å². The van der Waals surface area contributed by atoms with Gasteiger partial charge in [-0.1, -0.05) is 12.1 Å². The van der Waals surface area contributed by atoms with Crippen molar-refractivity contribution in [1.29, 1.82) is 0 Å². The zero-order valence-corrected chi connectivity index (χ0v) is 9.46. The highest BCUT2D eigenvalue weighted by Crippen LogP contribution is 2.24. The van der Waals surface area contributed by atoms with Crippen LogP contribution < -0.4 is 5.73 Å². The first-order valence-corrected chi connectivity index (χ1v) is 5.55. The van der Waals surface area contributed by atoms with E-state index in [1.807, 2.05) is 0 Å². The standard InChI is InChI=1S/C13H18N2/c1-3-15-9-10(2)13-11(7-8-14)5-4-6-12(13)15/h4-6,9H,3,7-8,14H2,1-2H3. The number of rotatable bonds is 3. The van der Waals surface area contributed by atoms with Crippen molar-refractivity contribution in [3.05, 3.63) is 35.5 Å². The number of hydrogen-bond donors (Lipinski definition) is 1. The number of fused-ring (bicyclic) bond motifs is 1. The summed E-state index contributed by atoms with van der Waals surface area (Å²) in [4.78, 5) is 0. The molecule has 2 rings (SSSR count). The van der Waals surface area contributed by atoms with E-state index in [0.29, 0.717) is 0 Å². The first kappa shape index (κ1) is 10.2. The lowest BCUT2D eigenvalue weighted by Crippen LogP contribution is -2.03. The van der Waals surface area contributed by atoms with Crippen molar-refractivity contribution in [2.75, 3.05) is 6.54 Å². The van der Waals surface area contributed by atoms with Crippen LogP contribution in [0.1, 0.15) is 18.1 Å². The van der Waals surface area contributed by atoms with E-state index in [2.05, 4.69) is 42.8 Å². The zero-order chi connectivity index (χ0) is 10.8. The molecule has 0 amide bonds. The molecule has 2 aromatic rings. The molecule has 1 heterocycles. The van der Waals surface area contributed by atoms with E-state index in [1.165, 1.54) is 22.0 Å². The van der Waals surface area contributed by atoms with Gasteiger partial charge in [0, 0.05) is 23.6 Å². The Morgan fingerprint density at radius 3 is 2.80 bits per heavy atom. The maximum Gasteiger partial charge on any atom is 0.0485 e. The number of aromatic nitrogens is 1. The minimum atomic E-state index is 0.718. The molecule has 0 aliphatic carbocycles. The molecule has 2 heteroatoms. The predicted octanol–water partition coefficient (Wildman–Crippen LogP) is 2.47. The van der Waals surface area contributed by atoms with Crippen molar-refractivity contribution in [3.63, 3.8) is 0 Å². The fraction of sp³-hybridized carbons (Fsp3) is 0.385. The molecule has 15 heavy (non-hydrogen) atoms. The van der Waals surface area contributed by atoms with E-state index < -0.39 is 0 Å². The molecule has 0 fully saturated rings. The largest absolute Gasteiger partial charge is 0.347 e. The predicted molar refractivity (Wildman–Crippen MR) is 65.1 cm³/mol. The van der Waals surface area contributed by atoms with Crippen LogP contribution in [0.2, 0.25) is 0 Å². The van der Waals surface area contributed by atoms with Crippen molar-refractivity contribution >= 4 is 10.9 Å². The average Bonchev–Trinajstić information content (AvgIpc) is 2.57. The Bertz CT molecular complexity index is 469. The molecule has 0 bridgehead atoms. The minimum absolute atomic E-state index is 0.718.